The number of cyclic esters (lactones) is 1. The maximum absolute atomic E-state index is 15.1. The van der Waals surface area contributed by atoms with Crippen LogP contribution in [0.4, 0.5) is 25.0 Å². The van der Waals surface area contributed by atoms with Crippen LogP contribution in [0.2, 0.25) is 0 Å². The first-order valence-electron chi connectivity index (χ1n) is 12.6. The molecule has 0 saturated carbocycles. The maximum Gasteiger partial charge on any atom is 0.414 e. The summed E-state index contributed by atoms with van der Waals surface area (Å²) < 4.78 is 40.3. The molecule has 2 saturated heterocycles. The van der Waals surface area contributed by atoms with Crippen molar-refractivity contribution in [1.29, 1.82) is 0 Å². The van der Waals surface area contributed by atoms with Gasteiger partial charge in [0.25, 0.3) is 5.91 Å². The molecule has 13 heteroatoms. The molecule has 1 atom stereocenters. The van der Waals surface area contributed by atoms with E-state index in [2.05, 4.69) is 10.3 Å². The van der Waals surface area contributed by atoms with E-state index in [1.54, 1.807) is 19.1 Å². The molecule has 0 aliphatic carbocycles. The number of rotatable bonds is 9. The quantitative estimate of drug-likeness (QED) is 0.476. The van der Waals surface area contributed by atoms with E-state index in [0.29, 0.717) is 5.56 Å². The largest absolute Gasteiger partial charge is 0.466 e. The Kier molecular flexibility index (Phi) is 8.89. The molecule has 11 nitrogen and oxygen atoms in total. The Morgan fingerprint density at radius 2 is 1.87 bits per heavy atom. The number of amides is 3. The van der Waals surface area contributed by atoms with E-state index >= 15 is 8.78 Å². The topological polar surface area (TPSA) is 121 Å². The minimum absolute atomic E-state index is 0.00977. The summed E-state index contributed by atoms with van der Waals surface area (Å²) in [5, 5.41) is 2.55. The number of nitrogens with one attached hydrogen (secondary N) is 1. The fourth-order valence-electron chi connectivity index (χ4n) is 4.45. The molecule has 0 radical (unpaired) electrons. The summed E-state index contributed by atoms with van der Waals surface area (Å²) in [7, 11) is 0. The van der Waals surface area contributed by atoms with Gasteiger partial charge in [0.1, 0.15) is 11.8 Å². The van der Waals surface area contributed by atoms with Gasteiger partial charge >= 0.3 is 12.1 Å². The molecule has 4 rings (SSSR count). The third kappa shape index (κ3) is 6.78. The number of esters is 1. The summed E-state index contributed by atoms with van der Waals surface area (Å²) in [6, 6.07) is 5.33. The molecule has 1 N–H and O–H groups in total. The summed E-state index contributed by atoms with van der Waals surface area (Å²) in [5.74, 6) is -2.85. The molecule has 1 aromatic carbocycles. The first kappa shape index (κ1) is 27.7. The van der Waals surface area contributed by atoms with Crippen molar-refractivity contribution in [3.8, 4) is 0 Å². The number of hydrogen-bond donors (Lipinski definition) is 1. The number of carbonyl (C=O) groups excluding carboxylic acids is 4. The number of hydrogen-bond acceptors (Lipinski definition) is 8. The van der Waals surface area contributed by atoms with Gasteiger partial charge in [0.05, 0.1) is 30.9 Å². The van der Waals surface area contributed by atoms with E-state index in [0.717, 1.165) is 17.0 Å². The van der Waals surface area contributed by atoms with Gasteiger partial charge in [0.2, 0.25) is 5.91 Å². The number of benzene rings is 1. The van der Waals surface area contributed by atoms with Gasteiger partial charge in [-0.05, 0) is 25.5 Å². The lowest BCUT2D eigenvalue weighted by molar-refractivity contribution is -0.143. The maximum atomic E-state index is 15.1. The zero-order valence-electron chi connectivity index (χ0n) is 21.4. The summed E-state index contributed by atoms with van der Waals surface area (Å²) in [4.78, 5) is 56.5. The van der Waals surface area contributed by atoms with Crippen LogP contribution < -0.4 is 15.1 Å². The third-order valence-corrected chi connectivity index (χ3v) is 6.44. The fourth-order valence-corrected chi connectivity index (χ4v) is 4.45. The van der Waals surface area contributed by atoms with Gasteiger partial charge in [-0.3, -0.25) is 24.3 Å². The van der Waals surface area contributed by atoms with Crippen molar-refractivity contribution in [2.24, 2.45) is 0 Å². The molecule has 3 heterocycles. The van der Waals surface area contributed by atoms with Gasteiger partial charge in [-0.1, -0.05) is 0 Å². The second-order valence-electron chi connectivity index (χ2n) is 9.01. The number of anilines is 2. The first-order valence-corrected chi connectivity index (χ1v) is 12.6. The lowest BCUT2D eigenvalue weighted by Gasteiger charge is -2.36. The second-order valence-corrected chi connectivity index (χ2v) is 9.01. The van der Waals surface area contributed by atoms with Gasteiger partial charge in [0.15, 0.2) is 11.6 Å². The Bertz CT molecular complexity index is 1200. The highest BCUT2D eigenvalue weighted by molar-refractivity contribution is 5.96. The highest BCUT2D eigenvalue weighted by Gasteiger charge is 2.34. The minimum atomic E-state index is -0.851. The lowest BCUT2D eigenvalue weighted by atomic mass is 10.1. The van der Waals surface area contributed by atoms with Crippen LogP contribution in [0.3, 0.4) is 0 Å². The highest BCUT2D eigenvalue weighted by atomic mass is 19.1. The van der Waals surface area contributed by atoms with E-state index < -0.39 is 35.7 Å². The van der Waals surface area contributed by atoms with Crippen LogP contribution in [0.25, 0.3) is 0 Å². The number of halogens is 2. The van der Waals surface area contributed by atoms with Gasteiger partial charge in [-0.25, -0.2) is 13.6 Å². The van der Waals surface area contributed by atoms with E-state index in [-0.39, 0.29) is 76.0 Å². The van der Waals surface area contributed by atoms with Gasteiger partial charge < -0.3 is 24.6 Å². The summed E-state index contributed by atoms with van der Waals surface area (Å²) >= 11 is 0. The van der Waals surface area contributed by atoms with Crippen molar-refractivity contribution in [2.45, 2.75) is 25.9 Å². The zero-order chi connectivity index (χ0) is 27.9. The fraction of sp³-hybridized carbons (Fsp3) is 0.423. The van der Waals surface area contributed by atoms with Crippen molar-refractivity contribution in [2.75, 3.05) is 55.7 Å². The number of aromatic nitrogens is 1. The Balaban J connectivity index is 1.31. The molecule has 0 unspecified atom stereocenters. The van der Waals surface area contributed by atoms with Crippen molar-refractivity contribution >= 4 is 35.3 Å². The second kappa shape index (κ2) is 12.5. The van der Waals surface area contributed by atoms with Crippen molar-refractivity contribution in [3.05, 3.63) is 53.9 Å². The average molecular weight is 546 g/mol. The minimum Gasteiger partial charge on any atom is -0.466 e. The van der Waals surface area contributed by atoms with Gasteiger partial charge in [0, 0.05) is 57.1 Å². The van der Waals surface area contributed by atoms with E-state index in [4.69, 9.17) is 9.47 Å². The highest BCUT2D eigenvalue weighted by Crippen LogP contribution is 2.32. The molecular weight excluding hydrogens is 516 g/mol. The number of ether oxygens (including phenoxy) is 2. The first-order chi connectivity index (χ1) is 18.8. The number of carbonyl (C=O) groups is 4. The third-order valence-electron chi connectivity index (χ3n) is 6.44. The number of nitrogens with zero attached hydrogens (tertiary/aromatic N) is 4. The van der Waals surface area contributed by atoms with Crippen molar-refractivity contribution in [3.63, 3.8) is 0 Å². The molecule has 0 spiro atoms. The van der Waals surface area contributed by atoms with Crippen LogP contribution in [0.1, 0.15) is 30.1 Å². The van der Waals surface area contributed by atoms with Crippen LogP contribution >= 0.6 is 0 Å². The van der Waals surface area contributed by atoms with Crippen molar-refractivity contribution in [1.82, 2.24) is 15.2 Å². The van der Waals surface area contributed by atoms with Crippen LogP contribution in [-0.2, 0) is 19.1 Å². The Labute approximate surface area is 223 Å². The predicted octanol–water partition coefficient (Wildman–Crippen LogP) is 2.11. The van der Waals surface area contributed by atoms with Crippen LogP contribution in [0, 0.1) is 11.6 Å². The molecule has 2 aliphatic rings. The van der Waals surface area contributed by atoms with Crippen LogP contribution in [-0.4, -0.2) is 85.7 Å². The number of piperazine rings is 1. The molecule has 0 bridgehead atoms. The molecule has 39 heavy (non-hydrogen) atoms. The van der Waals surface area contributed by atoms with Gasteiger partial charge in [-0.2, -0.15) is 0 Å². The van der Waals surface area contributed by atoms with Crippen LogP contribution in [0.5, 0.6) is 0 Å². The molecule has 1 aromatic heterocycles. The zero-order valence-corrected chi connectivity index (χ0v) is 21.4. The van der Waals surface area contributed by atoms with E-state index in [1.165, 1.54) is 22.2 Å². The molecular formula is C26H29F2N5O6. The Morgan fingerprint density at radius 1 is 1.15 bits per heavy atom. The summed E-state index contributed by atoms with van der Waals surface area (Å²) in [6.45, 7) is 2.55. The average Bonchev–Trinajstić information content (AvgIpc) is 3.31. The molecule has 2 aliphatic heterocycles. The van der Waals surface area contributed by atoms with E-state index in [9.17, 15) is 19.2 Å². The normalized spacial score (nSPS) is 17.2. The molecule has 2 aromatic rings. The van der Waals surface area contributed by atoms with Crippen molar-refractivity contribution < 1.29 is 37.4 Å². The molecule has 208 valence electrons. The Morgan fingerprint density at radius 3 is 2.51 bits per heavy atom. The number of pyridine rings is 1. The monoisotopic (exact) mass is 545 g/mol. The Hall–Kier alpha value is -4.29. The predicted molar refractivity (Wildman–Crippen MR) is 135 cm³/mol. The molecule has 2 fully saturated rings. The lowest BCUT2D eigenvalue weighted by Crippen LogP contribution is -2.51. The smallest absolute Gasteiger partial charge is 0.414 e. The van der Waals surface area contributed by atoms with Gasteiger partial charge in [-0.15, -0.1) is 0 Å². The molecule has 3 amide bonds. The summed E-state index contributed by atoms with van der Waals surface area (Å²) in [6.07, 6.45) is 1.87. The standard InChI is InChI=1S/C26H29F2N5O6/c1-2-38-23(35)6-5-19-16-33(26(37)39-19)18-12-20(27)24(21(28)13-18)32-10-8-31(9-11-32)22(34)15-30-25(36)17-4-3-7-29-14-17/h3-4,7,12-14,19H,2,5-6,8-11,15-16H2,1H3,(H,30,36)/t19-/m0/s1. The summed E-state index contributed by atoms with van der Waals surface area (Å²) in [5.41, 5.74) is 0.0941. The van der Waals surface area contributed by atoms with Crippen LogP contribution in [0.15, 0.2) is 36.7 Å². The van der Waals surface area contributed by atoms with E-state index in [1.807, 2.05) is 0 Å². The SMILES string of the molecule is CCOC(=O)CC[C@H]1CN(c2cc(F)c(N3CCN(C(=O)CNC(=O)c4cccnc4)CC3)c(F)c2)C(=O)O1.